The Kier molecular flexibility index (Phi) is 6.47. The van der Waals surface area contributed by atoms with Gasteiger partial charge < -0.3 is 15.0 Å². The minimum atomic E-state index is -2.07. The summed E-state index contributed by atoms with van der Waals surface area (Å²) < 4.78 is 2.19. The number of aromatic amines is 1. The summed E-state index contributed by atoms with van der Waals surface area (Å²) in [6, 6.07) is 21.3. The smallest absolute Gasteiger partial charge is 0.351 e. The Morgan fingerprint density at radius 1 is 1.00 bits per heavy atom. The van der Waals surface area contributed by atoms with Gasteiger partial charge in [-0.2, -0.15) is 0 Å². The second-order valence-electron chi connectivity index (χ2n) is 5.27. The zero-order chi connectivity index (χ0) is 18.1. The number of benzene rings is 2. The van der Waals surface area contributed by atoms with Gasteiger partial charge in [0.2, 0.25) is 6.33 Å². The highest BCUT2D eigenvalue weighted by atomic mass is 16.4. The molecule has 0 aliphatic heterocycles. The molecule has 6 heteroatoms. The second kappa shape index (κ2) is 9.02. The molecule has 0 spiro atoms. The van der Waals surface area contributed by atoms with E-state index in [0.717, 1.165) is 6.54 Å². The van der Waals surface area contributed by atoms with Crippen molar-refractivity contribution in [2.75, 3.05) is 0 Å². The number of carbonyl (C=O) groups is 2. The molecule has 0 radical (unpaired) electrons. The quantitative estimate of drug-likeness (QED) is 0.547. The van der Waals surface area contributed by atoms with Gasteiger partial charge in [-0.25, -0.2) is 9.36 Å². The van der Waals surface area contributed by atoms with Crippen LogP contribution in [0.2, 0.25) is 0 Å². The van der Waals surface area contributed by atoms with E-state index in [-0.39, 0.29) is 0 Å². The molecule has 25 heavy (non-hydrogen) atoms. The number of H-pyrrole nitrogens is 1. The molecule has 2 N–H and O–H groups in total. The maximum absolute atomic E-state index is 9.04. The molecule has 3 rings (SSSR count). The largest absolute Gasteiger partial charge is 0.539 e. The molecule has 2 aromatic carbocycles. The van der Waals surface area contributed by atoms with Crippen LogP contribution in [-0.4, -0.2) is 22.0 Å². The molecule has 0 atom stereocenters. The highest BCUT2D eigenvalue weighted by molar-refractivity contribution is 6.26. The Hall–Kier alpha value is -3.41. The van der Waals surface area contributed by atoms with Crippen molar-refractivity contribution < 1.29 is 24.4 Å². The SMILES string of the molecule is O=C([O-])C(=O)O.c1ccc(C(C[n+]2cc[nH]c2)c2ccccc2)cc1. The molecule has 6 nitrogen and oxygen atoms in total. The van der Waals surface area contributed by atoms with Gasteiger partial charge in [0.1, 0.15) is 18.9 Å². The number of hydrogen-bond donors (Lipinski definition) is 2. The van der Waals surface area contributed by atoms with Crippen LogP contribution in [0.4, 0.5) is 0 Å². The van der Waals surface area contributed by atoms with Crippen molar-refractivity contribution >= 4 is 11.9 Å². The van der Waals surface area contributed by atoms with Crippen molar-refractivity contribution in [3.63, 3.8) is 0 Å². The average molecular weight is 338 g/mol. The molecular formula is C19H18N2O4. The van der Waals surface area contributed by atoms with Crippen LogP contribution in [-0.2, 0) is 16.1 Å². The molecule has 1 aromatic heterocycles. The molecular weight excluding hydrogens is 320 g/mol. The average Bonchev–Trinajstić information content (AvgIpc) is 3.15. The molecule has 0 amide bonds. The number of imidazole rings is 1. The van der Waals surface area contributed by atoms with E-state index >= 15 is 0 Å². The summed E-state index contributed by atoms with van der Waals surface area (Å²) in [4.78, 5) is 21.1. The van der Waals surface area contributed by atoms with Crippen LogP contribution in [0.3, 0.4) is 0 Å². The monoisotopic (exact) mass is 338 g/mol. The number of hydrogen-bond acceptors (Lipinski definition) is 3. The number of nitrogens with one attached hydrogen (secondary N) is 1. The first-order valence-electron chi connectivity index (χ1n) is 7.64. The lowest BCUT2D eigenvalue weighted by Gasteiger charge is -2.16. The summed E-state index contributed by atoms with van der Waals surface area (Å²) in [5.41, 5.74) is 2.70. The zero-order valence-electron chi connectivity index (χ0n) is 13.4. The van der Waals surface area contributed by atoms with Crippen LogP contribution in [0.15, 0.2) is 79.4 Å². The topological polar surface area (TPSA) is 97.1 Å². The number of rotatable bonds is 4. The molecule has 0 aliphatic rings. The molecule has 0 saturated heterocycles. The van der Waals surface area contributed by atoms with Crippen molar-refractivity contribution in [1.82, 2.24) is 4.98 Å². The molecule has 1 heterocycles. The first-order valence-corrected chi connectivity index (χ1v) is 7.64. The van der Waals surface area contributed by atoms with Gasteiger partial charge in [-0.05, 0) is 11.1 Å². The Bertz CT molecular complexity index is 735. The lowest BCUT2D eigenvalue weighted by atomic mass is 9.91. The van der Waals surface area contributed by atoms with Crippen molar-refractivity contribution in [3.05, 3.63) is 90.5 Å². The summed E-state index contributed by atoms with van der Waals surface area (Å²) in [5, 5.41) is 16.3. The van der Waals surface area contributed by atoms with Gasteiger partial charge >= 0.3 is 5.97 Å². The summed E-state index contributed by atoms with van der Waals surface area (Å²) in [7, 11) is 0. The summed E-state index contributed by atoms with van der Waals surface area (Å²) in [6.07, 6.45) is 6.02. The summed E-state index contributed by atoms with van der Waals surface area (Å²) >= 11 is 0. The van der Waals surface area contributed by atoms with Gasteiger partial charge in [-0.1, -0.05) is 60.7 Å². The Labute approximate surface area is 145 Å². The minimum absolute atomic E-state index is 0.378. The highest BCUT2D eigenvalue weighted by Gasteiger charge is 2.16. The van der Waals surface area contributed by atoms with E-state index in [1.165, 1.54) is 11.1 Å². The number of carboxylic acid groups (broad SMARTS) is 2. The van der Waals surface area contributed by atoms with Crippen molar-refractivity contribution in [1.29, 1.82) is 0 Å². The third kappa shape index (κ3) is 5.62. The van der Waals surface area contributed by atoms with E-state index in [0.29, 0.717) is 5.92 Å². The number of carbonyl (C=O) groups excluding carboxylic acids is 1. The van der Waals surface area contributed by atoms with Crippen LogP contribution in [0.5, 0.6) is 0 Å². The third-order valence-electron chi connectivity index (χ3n) is 3.57. The van der Waals surface area contributed by atoms with Crippen molar-refractivity contribution in [2.24, 2.45) is 0 Å². The molecule has 0 fully saturated rings. The third-order valence-corrected chi connectivity index (χ3v) is 3.57. The van der Waals surface area contributed by atoms with E-state index in [9.17, 15) is 0 Å². The standard InChI is InChI=1S/C17H16N2.C2H2O4/c1-3-7-15(8-4-1)17(13-19-12-11-18-14-19)16-9-5-2-6-10-16;3-1(4)2(5)6/h1-12,14,17H,13H2;(H,3,4)(H,5,6). The minimum Gasteiger partial charge on any atom is -0.539 e. The van der Waals surface area contributed by atoms with Crippen LogP contribution in [0.25, 0.3) is 0 Å². The van der Waals surface area contributed by atoms with Crippen LogP contribution in [0, 0.1) is 0 Å². The molecule has 0 aliphatic carbocycles. The van der Waals surface area contributed by atoms with Crippen molar-refractivity contribution in [3.8, 4) is 0 Å². The number of carboxylic acids is 2. The number of nitrogens with zero attached hydrogens (tertiary/aromatic N) is 1. The highest BCUT2D eigenvalue weighted by Crippen LogP contribution is 2.24. The second-order valence-corrected chi connectivity index (χ2v) is 5.27. The lowest BCUT2D eigenvalue weighted by Crippen LogP contribution is -2.34. The number of aliphatic carboxylic acids is 2. The van der Waals surface area contributed by atoms with Crippen molar-refractivity contribution in [2.45, 2.75) is 12.5 Å². The van der Waals surface area contributed by atoms with E-state index in [1.807, 2.05) is 12.5 Å². The maximum Gasteiger partial charge on any atom is 0.351 e. The Morgan fingerprint density at radius 3 is 1.84 bits per heavy atom. The Morgan fingerprint density at radius 2 is 1.48 bits per heavy atom. The van der Waals surface area contributed by atoms with Gasteiger partial charge in [-0.15, -0.1) is 0 Å². The maximum atomic E-state index is 9.04. The first-order chi connectivity index (χ1) is 12.1. The fourth-order valence-electron chi connectivity index (χ4n) is 2.42. The van der Waals surface area contributed by atoms with E-state index < -0.39 is 11.9 Å². The molecule has 128 valence electrons. The van der Waals surface area contributed by atoms with Gasteiger partial charge in [0, 0.05) is 5.92 Å². The molecule has 0 unspecified atom stereocenters. The van der Waals surface area contributed by atoms with Gasteiger partial charge in [-0.3, -0.25) is 4.98 Å². The fourth-order valence-corrected chi connectivity index (χ4v) is 2.42. The summed E-state index contributed by atoms with van der Waals surface area (Å²) in [5.74, 6) is -3.63. The first kappa shape index (κ1) is 17.9. The van der Waals surface area contributed by atoms with Gasteiger partial charge in [0.15, 0.2) is 5.97 Å². The van der Waals surface area contributed by atoms with Crippen LogP contribution in [0.1, 0.15) is 17.0 Å². The van der Waals surface area contributed by atoms with Gasteiger partial charge in [0.25, 0.3) is 0 Å². The van der Waals surface area contributed by atoms with E-state index in [4.69, 9.17) is 19.8 Å². The van der Waals surface area contributed by atoms with Crippen LogP contribution >= 0.6 is 0 Å². The van der Waals surface area contributed by atoms with Crippen LogP contribution < -0.4 is 9.67 Å². The predicted octanol–water partition coefficient (Wildman–Crippen LogP) is 0.955. The van der Waals surface area contributed by atoms with E-state index in [1.54, 1.807) is 0 Å². The predicted molar refractivity (Wildman–Crippen MR) is 88.4 cm³/mol. The Balaban J connectivity index is 0.000000326. The molecule has 3 aromatic rings. The fraction of sp³-hybridized carbons (Fsp3) is 0.105. The van der Waals surface area contributed by atoms with E-state index in [2.05, 4.69) is 76.4 Å². The lowest BCUT2D eigenvalue weighted by molar-refractivity contribution is -0.697. The summed E-state index contributed by atoms with van der Waals surface area (Å²) in [6.45, 7) is 0.942. The molecule has 0 saturated carbocycles. The zero-order valence-corrected chi connectivity index (χ0v) is 13.4. The van der Waals surface area contributed by atoms with Gasteiger partial charge in [0.05, 0.1) is 0 Å². The number of aromatic nitrogens is 2. The molecule has 0 bridgehead atoms. The normalized spacial score (nSPS) is 9.96.